The molecule has 0 fully saturated rings. The molecule has 0 spiro atoms. The van der Waals surface area contributed by atoms with Crippen molar-refractivity contribution in [2.75, 3.05) is 0 Å². The zero-order valence-corrected chi connectivity index (χ0v) is 28.4. The van der Waals surface area contributed by atoms with Crippen LogP contribution >= 0.6 is 11.3 Å². The van der Waals surface area contributed by atoms with Gasteiger partial charge in [0.15, 0.2) is 23.1 Å². The summed E-state index contributed by atoms with van der Waals surface area (Å²) in [4.78, 5) is 20.4. The Bertz CT molecular complexity index is 3190. The molecule has 0 saturated carbocycles. The molecule has 52 heavy (non-hydrogen) atoms. The monoisotopic (exact) mass is 682 g/mol. The molecule has 0 aliphatic carbocycles. The van der Waals surface area contributed by atoms with Gasteiger partial charge in [-0.25, -0.2) is 19.9 Å². The molecule has 6 heteroatoms. The van der Waals surface area contributed by atoms with Gasteiger partial charge in [-0.1, -0.05) is 127 Å². The van der Waals surface area contributed by atoms with Crippen molar-refractivity contribution in [3.8, 4) is 45.6 Å². The molecule has 0 bridgehead atoms. The Morgan fingerprint density at radius 1 is 0.404 bits per heavy atom. The largest absolute Gasteiger partial charge is 0.435 e. The van der Waals surface area contributed by atoms with Gasteiger partial charge in [-0.15, -0.1) is 11.3 Å². The van der Waals surface area contributed by atoms with Crippen LogP contribution in [0.15, 0.2) is 162 Å². The molecule has 0 atom stereocenters. The van der Waals surface area contributed by atoms with Gasteiger partial charge in [-0.3, -0.25) is 0 Å². The number of hydrogen-bond donors (Lipinski definition) is 0. The first-order valence-corrected chi connectivity index (χ1v) is 18.0. The van der Waals surface area contributed by atoms with Crippen molar-refractivity contribution < 1.29 is 4.42 Å². The van der Waals surface area contributed by atoms with Crippen LogP contribution in [0.3, 0.4) is 0 Å². The van der Waals surface area contributed by atoms with Gasteiger partial charge in [0, 0.05) is 53.2 Å². The molecule has 242 valence electrons. The van der Waals surface area contributed by atoms with Crippen LogP contribution in [0.5, 0.6) is 0 Å². The molecule has 0 amide bonds. The second kappa shape index (κ2) is 11.4. The smallest absolute Gasteiger partial charge is 0.227 e. The van der Waals surface area contributed by atoms with Crippen LogP contribution < -0.4 is 0 Å². The van der Waals surface area contributed by atoms with Gasteiger partial charge in [-0.2, -0.15) is 0 Å². The molecule has 0 radical (unpaired) electrons. The van der Waals surface area contributed by atoms with Crippen molar-refractivity contribution in [2.45, 2.75) is 0 Å². The van der Waals surface area contributed by atoms with E-state index in [1.54, 1.807) is 11.3 Å². The van der Waals surface area contributed by atoms with E-state index >= 15 is 0 Å². The lowest BCUT2D eigenvalue weighted by Gasteiger charge is -2.13. The fourth-order valence-electron chi connectivity index (χ4n) is 7.53. The van der Waals surface area contributed by atoms with Crippen LogP contribution in [0.25, 0.3) is 109 Å². The maximum atomic E-state index is 6.58. The molecule has 11 aromatic rings. The maximum absolute atomic E-state index is 6.58. The highest BCUT2D eigenvalue weighted by Crippen LogP contribution is 2.42. The second-order valence-corrected chi connectivity index (χ2v) is 14.0. The molecule has 3 heterocycles. The molecule has 0 saturated heterocycles. The average molecular weight is 683 g/mol. The van der Waals surface area contributed by atoms with Crippen molar-refractivity contribution in [1.82, 2.24) is 19.9 Å². The van der Waals surface area contributed by atoms with Crippen molar-refractivity contribution in [1.29, 1.82) is 0 Å². The van der Waals surface area contributed by atoms with Gasteiger partial charge >= 0.3 is 0 Å². The molecule has 0 aliphatic rings. The molecule has 0 N–H and O–H groups in total. The third kappa shape index (κ3) is 4.48. The molecule has 3 aromatic heterocycles. The van der Waals surface area contributed by atoms with E-state index in [1.807, 2.05) is 54.6 Å². The fourth-order valence-corrected chi connectivity index (χ4v) is 8.74. The van der Waals surface area contributed by atoms with E-state index in [0.717, 1.165) is 65.7 Å². The number of thiophene rings is 1. The minimum Gasteiger partial charge on any atom is -0.435 e. The minimum atomic E-state index is 0.612. The molecular weight excluding hydrogens is 657 g/mol. The first-order chi connectivity index (χ1) is 25.8. The summed E-state index contributed by atoms with van der Waals surface area (Å²) >= 11 is 1.78. The Morgan fingerprint density at radius 3 is 1.85 bits per heavy atom. The number of fused-ring (bicyclic) bond motifs is 10. The van der Waals surface area contributed by atoms with Crippen LogP contribution in [0.4, 0.5) is 0 Å². The van der Waals surface area contributed by atoms with Crippen LogP contribution in [0.2, 0.25) is 0 Å². The topological polar surface area (TPSA) is 64.7 Å². The zero-order chi connectivity index (χ0) is 34.2. The van der Waals surface area contributed by atoms with Crippen molar-refractivity contribution >= 4 is 74.9 Å². The molecule has 8 aromatic carbocycles. The van der Waals surface area contributed by atoms with Gasteiger partial charge in [0.2, 0.25) is 5.89 Å². The van der Waals surface area contributed by atoms with Gasteiger partial charge in [0.05, 0.1) is 0 Å². The van der Waals surface area contributed by atoms with E-state index in [0.29, 0.717) is 23.4 Å². The number of benzene rings is 8. The summed E-state index contributed by atoms with van der Waals surface area (Å²) in [6.07, 6.45) is 0. The van der Waals surface area contributed by atoms with E-state index in [9.17, 15) is 0 Å². The van der Waals surface area contributed by atoms with Gasteiger partial charge in [0.1, 0.15) is 5.52 Å². The van der Waals surface area contributed by atoms with E-state index in [-0.39, 0.29) is 0 Å². The number of hydrogen-bond acceptors (Lipinski definition) is 6. The lowest BCUT2D eigenvalue weighted by molar-refractivity contribution is 0.623. The Kier molecular flexibility index (Phi) is 6.35. The molecule has 11 rings (SSSR count). The Hall–Kier alpha value is -6.76. The Balaban J connectivity index is 1.18. The molecule has 0 unspecified atom stereocenters. The normalized spacial score (nSPS) is 11.8. The zero-order valence-electron chi connectivity index (χ0n) is 27.6. The van der Waals surface area contributed by atoms with Crippen LogP contribution in [0.1, 0.15) is 0 Å². The van der Waals surface area contributed by atoms with E-state index in [4.69, 9.17) is 24.4 Å². The lowest BCUT2D eigenvalue weighted by Crippen LogP contribution is -2.00. The van der Waals surface area contributed by atoms with Gasteiger partial charge in [-0.05, 0) is 51.9 Å². The summed E-state index contributed by atoms with van der Waals surface area (Å²) in [5, 5.41) is 8.99. The molecule has 0 aliphatic heterocycles. The minimum absolute atomic E-state index is 0.612. The highest BCUT2D eigenvalue weighted by molar-refractivity contribution is 7.26. The summed E-state index contributed by atoms with van der Waals surface area (Å²) in [5.41, 5.74) is 5.44. The van der Waals surface area contributed by atoms with Crippen molar-refractivity contribution in [3.05, 3.63) is 158 Å². The van der Waals surface area contributed by atoms with E-state index in [1.165, 1.54) is 20.2 Å². The van der Waals surface area contributed by atoms with Gasteiger partial charge < -0.3 is 4.42 Å². The number of nitrogens with zero attached hydrogens (tertiary/aromatic N) is 4. The molecular formula is C46H26N4OS. The standard InChI is InChI=1S/C46H26N4OS/c1-3-11-29(12-4-1)43-48-44(50-45(49-43)36-19-10-17-34-32-15-7-8-20-38(32)52-42(34)36)35-18-9-16-33-31(35)25-23-27-21-22-28-24-26-37-41(40(28)39(27)33)51-46(47-37)30-13-5-2-6-14-30/h1-26H. The summed E-state index contributed by atoms with van der Waals surface area (Å²) in [6.45, 7) is 0. The number of oxazole rings is 1. The SMILES string of the molecule is c1ccc(-c2nc(-c3cccc4c3ccc3ccc5ccc6nc(-c7ccccc7)oc6c5c34)nc(-c3cccc4c3sc3ccccc34)n2)cc1. The fraction of sp³-hybridized carbons (Fsp3) is 0. The van der Waals surface area contributed by atoms with E-state index in [2.05, 4.69) is 103 Å². The maximum Gasteiger partial charge on any atom is 0.227 e. The lowest BCUT2D eigenvalue weighted by atomic mass is 9.93. The Labute approximate surface area is 301 Å². The average Bonchev–Trinajstić information content (AvgIpc) is 3.83. The number of aromatic nitrogens is 4. The van der Waals surface area contributed by atoms with Crippen molar-refractivity contribution in [2.24, 2.45) is 0 Å². The second-order valence-electron chi connectivity index (χ2n) is 13.0. The predicted molar refractivity (Wildman–Crippen MR) is 215 cm³/mol. The third-order valence-electron chi connectivity index (χ3n) is 9.95. The highest BCUT2D eigenvalue weighted by Gasteiger charge is 2.20. The highest BCUT2D eigenvalue weighted by atomic mass is 32.1. The summed E-state index contributed by atoms with van der Waals surface area (Å²) in [7, 11) is 0. The summed E-state index contributed by atoms with van der Waals surface area (Å²) in [6, 6.07) is 54.5. The Morgan fingerprint density at radius 2 is 1.02 bits per heavy atom. The van der Waals surface area contributed by atoms with Crippen LogP contribution in [0, 0.1) is 0 Å². The number of rotatable bonds is 4. The summed E-state index contributed by atoms with van der Waals surface area (Å²) in [5.74, 6) is 2.53. The first-order valence-electron chi connectivity index (χ1n) is 17.2. The molecule has 5 nitrogen and oxygen atoms in total. The van der Waals surface area contributed by atoms with Crippen LogP contribution in [-0.2, 0) is 0 Å². The summed E-state index contributed by atoms with van der Waals surface area (Å²) < 4.78 is 8.99. The first kappa shape index (κ1) is 29.0. The van der Waals surface area contributed by atoms with Crippen LogP contribution in [-0.4, -0.2) is 19.9 Å². The quantitative estimate of drug-likeness (QED) is 0.173. The predicted octanol–water partition coefficient (Wildman–Crippen LogP) is 12.5. The van der Waals surface area contributed by atoms with Crippen molar-refractivity contribution in [3.63, 3.8) is 0 Å². The van der Waals surface area contributed by atoms with E-state index < -0.39 is 0 Å². The third-order valence-corrected chi connectivity index (χ3v) is 11.2. The van der Waals surface area contributed by atoms with Gasteiger partial charge in [0.25, 0.3) is 0 Å².